The summed E-state index contributed by atoms with van der Waals surface area (Å²) in [4.78, 5) is 15.7. The minimum atomic E-state index is -0.903. The third-order valence-electron chi connectivity index (χ3n) is 6.44. The number of anilines is 1. The Bertz CT molecular complexity index is 930. The number of benzene rings is 1. The van der Waals surface area contributed by atoms with Crippen LogP contribution in [-0.4, -0.2) is 57.7 Å². The van der Waals surface area contributed by atoms with Crippen LogP contribution in [0.4, 0.5) is 10.5 Å². The van der Waals surface area contributed by atoms with Crippen LogP contribution in [0.5, 0.6) is 5.75 Å². The van der Waals surface area contributed by atoms with E-state index in [0.29, 0.717) is 6.04 Å². The van der Waals surface area contributed by atoms with E-state index >= 15 is 0 Å². The van der Waals surface area contributed by atoms with Crippen molar-refractivity contribution in [1.29, 1.82) is 0 Å². The minimum absolute atomic E-state index is 0.0318. The van der Waals surface area contributed by atoms with Gasteiger partial charge in [0.15, 0.2) is 0 Å². The second-order valence-electron chi connectivity index (χ2n) is 8.51. The van der Waals surface area contributed by atoms with Gasteiger partial charge in [-0.25, -0.2) is 4.79 Å². The maximum Gasteiger partial charge on any atom is 0.412 e. The molecule has 2 aliphatic heterocycles. The predicted octanol–water partition coefficient (Wildman–Crippen LogP) is 3.79. The number of amides is 1. The normalized spacial score (nSPS) is 22.3. The minimum Gasteiger partial charge on any atom is -0.487 e. The van der Waals surface area contributed by atoms with Gasteiger partial charge >= 0.3 is 6.09 Å². The summed E-state index contributed by atoms with van der Waals surface area (Å²) in [5, 5.41) is 14.3. The Balaban J connectivity index is 1.55. The lowest BCUT2D eigenvalue weighted by Crippen LogP contribution is -2.53. The van der Waals surface area contributed by atoms with Gasteiger partial charge in [-0.2, -0.15) is 5.10 Å². The molecule has 0 radical (unpaired) electrons. The number of nitrogens with zero attached hydrogens (tertiary/aromatic N) is 4. The highest BCUT2D eigenvalue weighted by Crippen LogP contribution is 2.44. The van der Waals surface area contributed by atoms with Crippen LogP contribution < -0.4 is 9.64 Å². The number of rotatable bonds is 5. The molecule has 1 aliphatic carbocycles. The number of fused-ring (bicyclic) bond motifs is 1. The Morgan fingerprint density at radius 1 is 1.28 bits per heavy atom. The number of ether oxygens (including phenoxy) is 1. The fourth-order valence-electron chi connectivity index (χ4n) is 4.50. The van der Waals surface area contributed by atoms with Crippen molar-refractivity contribution in [3.63, 3.8) is 0 Å². The van der Waals surface area contributed by atoms with Gasteiger partial charge in [-0.3, -0.25) is 14.5 Å². The van der Waals surface area contributed by atoms with E-state index < -0.39 is 6.09 Å². The Labute approximate surface area is 170 Å². The average Bonchev–Trinajstić information content (AvgIpc) is 3.40. The Hall–Kier alpha value is -2.54. The van der Waals surface area contributed by atoms with E-state index in [2.05, 4.69) is 23.1 Å². The summed E-state index contributed by atoms with van der Waals surface area (Å²) in [6, 6.07) is 4.44. The quantitative estimate of drug-likeness (QED) is 0.833. The standard InChI is InChI=1S/C22H28N4O3/c1-3-24-12-17(13-24)29-21-18(15-10-23-25(11-15)16-5-6-16)8-9-20-19(21)7-4-14(2)26(20)22(27)28/h8-11,14,16-17H,3-7,12-13H2,1-2H3,(H,27,28). The first kappa shape index (κ1) is 18.5. The van der Waals surface area contributed by atoms with Crippen molar-refractivity contribution in [3.05, 3.63) is 30.1 Å². The summed E-state index contributed by atoms with van der Waals surface area (Å²) >= 11 is 0. The van der Waals surface area contributed by atoms with Crippen molar-refractivity contribution in [2.24, 2.45) is 0 Å². The lowest BCUT2D eigenvalue weighted by atomic mass is 9.92. The second kappa shape index (κ2) is 7.06. The molecule has 3 heterocycles. The van der Waals surface area contributed by atoms with Crippen LogP contribution >= 0.6 is 0 Å². The van der Waals surface area contributed by atoms with E-state index in [1.54, 1.807) is 0 Å². The molecule has 29 heavy (non-hydrogen) atoms. The molecule has 7 nitrogen and oxygen atoms in total. The van der Waals surface area contributed by atoms with E-state index in [1.807, 2.05) is 29.9 Å². The summed E-state index contributed by atoms with van der Waals surface area (Å²) in [5.41, 5.74) is 3.83. The number of hydrogen-bond acceptors (Lipinski definition) is 4. The summed E-state index contributed by atoms with van der Waals surface area (Å²) in [6.45, 7) is 6.98. The Morgan fingerprint density at radius 2 is 2.07 bits per heavy atom. The monoisotopic (exact) mass is 396 g/mol. The predicted molar refractivity (Wildman–Crippen MR) is 111 cm³/mol. The highest BCUT2D eigenvalue weighted by molar-refractivity contribution is 5.91. The smallest absolute Gasteiger partial charge is 0.412 e. The van der Waals surface area contributed by atoms with Gasteiger partial charge in [0.1, 0.15) is 11.9 Å². The molecule has 1 atom stereocenters. The lowest BCUT2D eigenvalue weighted by molar-refractivity contribution is 0.0236. The molecule has 1 aromatic carbocycles. The maximum atomic E-state index is 11.9. The number of hydrogen-bond donors (Lipinski definition) is 1. The number of aromatic nitrogens is 2. The van der Waals surface area contributed by atoms with Crippen molar-refractivity contribution in [1.82, 2.24) is 14.7 Å². The largest absolute Gasteiger partial charge is 0.487 e. The summed E-state index contributed by atoms with van der Waals surface area (Å²) in [6.07, 6.45) is 7.26. The van der Waals surface area contributed by atoms with Crippen molar-refractivity contribution in [2.45, 2.75) is 57.7 Å². The number of carboxylic acid groups (broad SMARTS) is 1. The van der Waals surface area contributed by atoms with Crippen molar-refractivity contribution < 1.29 is 14.6 Å². The van der Waals surface area contributed by atoms with E-state index in [1.165, 1.54) is 17.7 Å². The Kier molecular flexibility index (Phi) is 4.50. The third-order valence-corrected chi connectivity index (χ3v) is 6.44. The maximum absolute atomic E-state index is 11.9. The van der Waals surface area contributed by atoms with E-state index in [4.69, 9.17) is 4.74 Å². The van der Waals surface area contributed by atoms with Gasteiger partial charge < -0.3 is 9.84 Å². The van der Waals surface area contributed by atoms with Gasteiger partial charge in [0.25, 0.3) is 0 Å². The molecule has 1 N–H and O–H groups in total. The van der Waals surface area contributed by atoms with Gasteiger partial charge in [-0.05, 0) is 51.3 Å². The molecule has 1 saturated heterocycles. The molecule has 1 aromatic heterocycles. The molecule has 2 aromatic rings. The van der Waals surface area contributed by atoms with Gasteiger partial charge in [-0.1, -0.05) is 6.92 Å². The van der Waals surface area contributed by atoms with Gasteiger partial charge in [-0.15, -0.1) is 0 Å². The number of carbonyl (C=O) groups is 1. The molecule has 1 amide bonds. The molecule has 154 valence electrons. The van der Waals surface area contributed by atoms with E-state index in [-0.39, 0.29) is 12.1 Å². The summed E-state index contributed by atoms with van der Waals surface area (Å²) < 4.78 is 8.56. The van der Waals surface area contributed by atoms with Crippen LogP contribution in [0.1, 0.15) is 44.7 Å². The van der Waals surface area contributed by atoms with E-state index in [0.717, 1.165) is 60.6 Å². The van der Waals surface area contributed by atoms with Crippen molar-refractivity contribution in [3.8, 4) is 16.9 Å². The van der Waals surface area contributed by atoms with Crippen LogP contribution in [0.2, 0.25) is 0 Å². The number of likely N-dealkylation sites (tertiary alicyclic amines) is 1. The highest BCUT2D eigenvalue weighted by atomic mass is 16.5. The Morgan fingerprint density at radius 3 is 2.76 bits per heavy atom. The summed E-state index contributed by atoms with van der Waals surface area (Å²) in [5.74, 6) is 0.844. The molecule has 2 fully saturated rings. The third kappa shape index (κ3) is 3.27. The molecular formula is C22H28N4O3. The number of likely N-dealkylation sites (N-methyl/N-ethyl adjacent to an activating group) is 1. The van der Waals surface area contributed by atoms with Gasteiger partial charge in [0, 0.05) is 42.0 Å². The first-order valence-electron chi connectivity index (χ1n) is 10.7. The zero-order valence-corrected chi connectivity index (χ0v) is 17.0. The zero-order valence-electron chi connectivity index (χ0n) is 17.0. The molecule has 1 saturated carbocycles. The van der Waals surface area contributed by atoms with Gasteiger partial charge in [0.2, 0.25) is 0 Å². The van der Waals surface area contributed by atoms with Crippen LogP contribution in [0.3, 0.4) is 0 Å². The van der Waals surface area contributed by atoms with Crippen LogP contribution in [-0.2, 0) is 6.42 Å². The molecule has 3 aliphatic rings. The molecular weight excluding hydrogens is 368 g/mol. The second-order valence-corrected chi connectivity index (χ2v) is 8.51. The SMILES string of the molecule is CCN1CC(Oc2c(-c3cnn(C4CC4)c3)ccc3c2CCC(C)N3C(=O)O)C1. The fraction of sp³-hybridized carbons (Fsp3) is 0.545. The van der Waals surface area contributed by atoms with Crippen molar-refractivity contribution in [2.75, 3.05) is 24.5 Å². The molecule has 5 rings (SSSR count). The van der Waals surface area contributed by atoms with E-state index in [9.17, 15) is 9.90 Å². The first-order chi connectivity index (χ1) is 14.0. The molecule has 7 heteroatoms. The first-order valence-corrected chi connectivity index (χ1v) is 10.7. The average molecular weight is 396 g/mol. The van der Waals surface area contributed by atoms with Crippen LogP contribution in [0.25, 0.3) is 11.1 Å². The molecule has 0 bridgehead atoms. The summed E-state index contributed by atoms with van der Waals surface area (Å²) in [7, 11) is 0. The highest BCUT2D eigenvalue weighted by Gasteiger charge is 2.34. The molecule has 1 unspecified atom stereocenters. The fourth-order valence-corrected chi connectivity index (χ4v) is 4.50. The topological polar surface area (TPSA) is 70.8 Å². The van der Waals surface area contributed by atoms with Gasteiger partial charge in [0.05, 0.1) is 17.9 Å². The zero-order chi connectivity index (χ0) is 20.1. The molecule has 0 spiro atoms. The van der Waals surface area contributed by atoms with Crippen LogP contribution in [0.15, 0.2) is 24.5 Å². The lowest BCUT2D eigenvalue weighted by Gasteiger charge is -2.40. The van der Waals surface area contributed by atoms with Crippen molar-refractivity contribution >= 4 is 11.8 Å². The van der Waals surface area contributed by atoms with Crippen LogP contribution in [0, 0.1) is 0 Å².